The Morgan fingerprint density at radius 3 is 2.62 bits per heavy atom. The lowest BCUT2D eigenvalue weighted by Crippen LogP contribution is -2.38. The standard InChI is InChI=1S/C14H14F3N5O2/c15-14(16,17)9-5-11(18)19-7-8(9)10-6-12(23)21-13(20-10)22-1-3-24-4-2-22/h5-7H,1-4H2,(H2,18,19)(H,20,21,23). The molecule has 24 heavy (non-hydrogen) atoms. The fourth-order valence-corrected chi connectivity index (χ4v) is 2.42. The Morgan fingerprint density at radius 2 is 1.96 bits per heavy atom. The maximum Gasteiger partial charge on any atom is 0.417 e. The summed E-state index contributed by atoms with van der Waals surface area (Å²) in [5.41, 5.74) is 3.42. The number of alkyl halides is 3. The number of ether oxygens (including phenoxy) is 1. The average Bonchev–Trinajstić information content (AvgIpc) is 2.54. The molecule has 3 heterocycles. The third-order valence-corrected chi connectivity index (χ3v) is 3.55. The molecule has 0 spiro atoms. The van der Waals surface area contributed by atoms with E-state index in [1.807, 2.05) is 0 Å². The van der Waals surface area contributed by atoms with Crippen molar-refractivity contribution in [3.63, 3.8) is 0 Å². The predicted molar refractivity (Wildman–Crippen MR) is 80.5 cm³/mol. The first-order chi connectivity index (χ1) is 11.3. The molecule has 0 atom stereocenters. The number of hydrogen-bond acceptors (Lipinski definition) is 6. The van der Waals surface area contributed by atoms with Crippen LogP contribution in [0.25, 0.3) is 11.3 Å². The first-order valence-corrected chi connectivity index (χ1v) is 7.12. The van der Waals surface area contributed by atoms with Gasteiger partial charge in [0, 0.05) is 30.9 Å². The van der Waals surface area contributed by atoms with E-state index in [9.17, 15) is 18.0 Å². The minimum absolute atomic E-state index is 0.111. The summed E-state index contributed by atoms with van der Waals surface area (Å²) >= 11 is 0. The van der Waals surface area contributed by atoms with Crippen LogP contribution in [-0.4, -0.2) is 41.3 Å². The van der Waals surface area contributed by atoms with Gasteiger partial charge in [0.25, 0.3) is 5.56 Å². The van der Waals surface area contributed by atoms with Gasteiger partial charge in [0.1, 0.15) is 5.82 Å². The molecule has 0 aliphatic carbocycles. The number of morpholine rings is 1. The van der Waals surface area contributed by atoms with E-state index in [2.05, 4.69) is 15.0 Å². The number of nitrogens with zero attached hydrogens (tertiary/aromatic N) is 3. The summed E-state index contributed by atoms with van der Waals surface area (Å²) in [7, 11) is 0. The van der Waals surface area contributed by atoms with Gasteiger partial charge in [-0.1, -0.05) is 0 Å². The molecule has 0 unspecified atom stereocenters. The summed E-state index contributed by atoms with van der Waals surface area (Å²) < 4.78 is 44.9. The molecule has 1 aliphatic heterocycles. The summed E-state index contributed by atoms with van der Waals surface area (Å²) in [5, 5.41) is 0. The molecule has 1 aliphatic rings. The molecule has 0 bridgehead atoms. The van der Waals surface area contributed by atoms with Crippen molar-refractivity contribution in [2.24, 2.45) is 0 Å². The summed E-state index contributed by atoms with van der Waals surface area (Å²) in [6.07, 6.45) is -3.67. The Balaban J connectivity index is 2.10. The number of halogens is 3. The van der Waals surface area contributed by atoms with Crippen molar-refractivity contribution in [1.29, 1.82) is 0 Å². The number of aromatic amines is 1. The Hall–Kier alpha value is -2.62. The van der Waals surface area contributed by atoms with Gasteiger partial charge in [-0.3, -0.25) is 9.78 Å². The number of anilines is 2. The van der Waals surface area contributed by atoms with E-state index in [1.54, 1.807) is 4.90 Å². The molecule has 0 aromatic carbocycles. The number of nitrogen functional groups attached to an aromatic ring is 1. The number of rotatable bonds is 2. The molecule has 7 nitrogen and oxygen atoms in total. The molecule has 2 aromatic heterocycles. The van der Waals surface area contributed by atoms with Crippen molar-refractivity contribution >= 4 is 11.8 Å². The number of pyridine rings is 1. The molecule has 3 N–H and O–H groups in total. The van der Waals surface area contributed by atoms with Gasteiger partial charge in [0.15, 0.2) is 0 Å². The van der Waals surface area contributed by atoms with E-state index in [-0.39, 0.29) is 23.0 Å². The van der Waals surface area contributed by atoms with Crippen LogP contribution in [0.4, 0.5) is 24.9 Å². The molecule has 2 aromatic rings. The fraction of sp³-hybridized carbons (Fsp3) is 0.357. The first-order valence-electron chi connectivity index (χ1n) is 7.12. The largest absolute Gasteiger partial charge is 0.417 e. The van der Waals surface area contributed by atoms with Crippen LogP contribution in [0.2, 0.25) is 0 Å². The van der Waals surface area contributed by atoms with E-state index in [0.717, 1.165) is 18.3 Å². The van der Waals surface area contributed by atoms with Crippen molar-refractivity contribution in [3.8, 4) is 11.3 Å². The number of nitrogens with one attached hydrogen (secondary N) is 1. The number of aromatic nitrogens is 3. The topological polar surface area (TPSA) is 97.1 Å². The van der Waals surface area contributed by atoms with Gasteiger partial charge in [-0.15, -0.1) is 0 Å². The second kappa shape index (κ2) is 6.11. The van der Waals surface area contributed by atoms with Gasteiger partial charge >= 0.3 is 6.18 Å². The van der Waals surface area contributed by atoms with Crippen LogP contribution in [0.5, 0.6) is 0 Å². The van der Waals surface area contributed by atoms with Gasteiger partial charge in [0.2, 0.25) is 5.95 Å². The fourth-order valence-electron chi connectivity index (χ4n) is 2.42. The second-order valence-corrected chi connectivity index (χ2v) is 5.21. The van der Waals surface area contributed by atoms with E-state index in [1.165, 1.54) is 0 Å². The highest BCUT2D eigenvalue weighted by Gasteiger charge is 2.35. The van der Waals surface area contributed by atoms with Crippen molar-refractivity contribution < 1.29 is 17.9 Å². The molecule has 0 amide bonds. The van der Waals surface area contributed by atoms with Crippen molar-refractivity contribution in [1.82, 2.24) is 15.0 Å². The van der Waals surface area contributed by atoms with E-state index in [0.29, 0.717) is 26.3 Å². The zero-order chi connectivity index (χ0) is 17.3. The zero-order valence-corrected chi connectivity index (χ0v) is 12.4. The van der Waals surface area contributed by atoms with Crippen LogP contribution in [0, 0.1) is 0 Å². The molecule has 128 valence electrons. The van der Waals surface area contributed by atoms with Gasteiger partial charge in [-0.25, -0.2) is 9.97 Å². The SMILES string of the molecule is Nc1cc(C(F)(F)F)c(-c2cc(=O)[nH]c(N3CCOCC3)n2)cn1. The van der Waals surface area contributed by atoms with Crippen LogP contribution < -0.4 is 16.2 Å². The predicted octanol–water partition coefficient (Wildman–Crippen LogP) is 1.27. The molecular formula is C14H14F3N5O2. The Kier molecular flexibility index (Phi) is 4.14. The molecule has 0 saturated carbocycles. The molecule has 10 heteroatoms. The lowest BCUT2D eigenvalue weighted by molar-refractivity contribution is -0.137. The van der Waals surface area contributed by atoms with Crippen LogP contribution >= 0.6 is 0 Å². The number of H-pyrrole nitrogens is 1. The van der Waals surface area contributed by atoms with Crippen molar-refractivity contribution in [3.05, 3.63) is 34.2 Å². The first kappa shape index (κ1) is 16.2. The Labute approximate surface area is 134 Å². The lowest BCUT2D eigenvalue weighted by Gasteiger charge is -2.27. The lowest BCUT2D eigenvalue weighted by atomic mass is 10.1. The highest BCUT2D eigenvalue weighted by atomic mass is 19.4. The molecule has 1 fully saturated rings. The quantitative estimate of drug-likeness (QED) is 0.854. The van der Waals surface area contributed by atoms with Crippen molar-refractivity contribution in [2.45, 2.75) is 6.18 Å². The highest BCUT2D eigenvalue weighted by Crippen LogP contribution is 2.36. The molecular weight excluding hydrogens is 327 g/mol. The zero-order valence-electron chi connectivity index (χ0n) is 12.4. The summed E-state index contributed by atoms with van der Waals surface area (Å²) in [5.74, 6) is -0.0601. The van der Waals surface area contributed by atoms with Gasteiger partial charge < -0.3 is 15.4 Å². The van der Waals surface area contributed by atoms with E-state index < -0.39 is 17.3 Å². The third-order valence-electron chi connectivity index (χ3n) is 3.55. The minimum atomic E-state index is -4.64. The van der Waals surface area contributed by atoms with Gasteiger partial charge in [-0.05, 0) is 6.07 Å². The number of hydrogen-bond donors (Lipinski definition) is 2. The van der Waals surface area contributed by atoms with E-state index in [4.69, 9.17) is 10.5 Å². The normalized spacial score (nSPS) is 15.5. The highest BCUT2D eigenvalue weighted by molar-refractivity contribution is 5.66. The van der Waals surface area contributed by atoms with Crippen LogP contribution in [0.1, 0.15) is 5.56 Å². The summed E-state index contributed by atoms with van der Waals surface area (Å²) in [6, 6.07) is 1.74. The smallest absolute Gasteiger partial charge is 0.384 e. The number of nitrogens with two attached hydrogens (primary N) is 1. The monoisotopic (exact) mass is 341 g/mol. The van der Waals surface area contributed by atoms with Crippen LogP contribution in [0.3, 0.4) is 0 Å². The van der Waals surface area contributed by atoms with Gasteiger partial charge in [0.05, 0.1) is 24.5 Å². The minimum Gasteiger partial charge on any atom is -0.384 e. The molecule has 1 saturated heterocycles. The Morgan fingerprint density at radius 1 is 1.25 bits per heavy atom. The van der Waals surface area contributed by atoms with E-state index >= 15 is 0 Å². The molecule has 3 rings (SSSR count). The van der Waals surface area contributed by atoms with Crippen molar-refractivity contribution in [2.75, 3.05) is 36.9 Å². The van der Waals surface area contributed by atoms with Crippen LogP contribution in [0.15, 0.2) is 23.1 Å². The third kappa shape index (κ3) is 3.32. The maximum atomic E-state index is 13.2. The second-order valence-electron chi connectivity index (χ2n) is 5.21. The van der Waals surface area contributed by atoms with Crippen LogP contribution in [-0.2, 0) is 10.9 Å². The molecule has 0 radical (unpaired) electrons. The Bertz CT molecular complexity index is 800. The van der Waals surface area contributed by atoms with Gasteiger partial charge in [-0.2, -0.15) is 13.2 Å². The maximum absolute atomic E-state index is 13.2. The summed E-state index contributed by atoms with van der Waals surface area (Å²) in [6.45, 7) is 1.87. The summed E-state index contributed by atoms with van der Waals surface area (Å²) in [4.78, 5) is 24.0. The average molecular weight is 341 g/mol.